The number of rotatable bonds is 5. The van der Waals surface area contributed by atoms with Gasteiger partial charge in [0.1, 0.15) is 0 Å². The second kappa shape index (κ2) is 5.51. The van der Waals surface area contributed by atoms with E-state index in [1.807, 2.05) is 30.3 Å². The van der Waals surface area contributed by atoms with E-state index in [2.05, 4.69) is 6.58 Å². The molecule has 1 aromatic rings. The van der Waals surface area contributed by atoms with Crippen molar-refractivity contribution >= 4 is 15.9 Å². The Bertz CT molecular complexity index is 430. The molecule has 1 rings (SSSR count). The van der Waals surface area contributed by atoms with Gasteiger partial charge in [0.05, 0.1) is 11.5 Å². The third kappa shape index (κ3) is 4.61. The molecule has 0 aliphatic rings. The minimum atomic E-state index is -3.01. The lowest BCUT2D eigenvalue weighted by molar-refractivity contribution is 0.602. The van der Waals surface area contributed by atoms with Gasteiger partial charge in [0.2, 0.25) is 0 Å². The molecular formula is C12H14O2S. The van der Waals surface area contributed by atoms with Crippen molar-refractivity contribution in [2.45, 2.75) is 0 Å². The van der Waals surface area contributed by atoms with Crippen LogP contribution in [0.5, 0.6) is 0 Å². The van der Waals surface area contributed by atoms with Crippen molar-refractivity contribution in [1.82, 2.24) is 0 Å². The van der Waals surface area contributed by atoms with Crippen LogP contribution >= 0.6 is 0 Å². The predicted octanol–water partition coefficient (Wildman–Crippen LogP) is 2.30. The normalized spacial score (nSPS) is 11.7. The predicted molar refractivity (Wildman–Crippen MR) is 64.3 cm³/mol. The SMILES string of the molecule is C=CCS(=O)(=O)C/C=C/c1ccccc1. The second-order valence-electron chi connectivity index (χ2n) is 3.18. The van der Waals surface area contributed by atoms with E-state index in [-0.39, 0.29) is 11.5 Å². The van der Waals surface area contributed by atoms with Gasteiger partial charge in [-0.05, 0) is 5.56 Å². The summed E-state index contributed by atoms with van der Waals surface area (Å²) in [6.07, 6.45) is 4.88. The van der Waals surface area contributed by atoms with Gasteiger partial charge in [0.15, 0.2) is 9.84 Å². The van der Waals surface area contributed by atoms with E-state index in [4.69, 9.17) is 0 Å². The van der Waals surface area contributed by atoms with Gasteiger partial charge in [0, 0.05) is 0 Å². The standard InChI is InChI=1S/C12H14O2S/c1-2-10-15(13,14)11-6-9-12-7-4-3-5-8-12/h2-9H,1,10-11H2/b9-6+. The van der Waals surface area contributed by atoms with Gasteiger partial charge in [0.25, 0.3) is 0 Å². The second-order valence-corrected chi connectivity index (χ2v) is 5.33. The molecule has 0 N–H and O–H groups in total. The van der Waals surface area contributed by atoms with Crippen LogP contribution < -0.4 is 0 Å². The van der Waals surface area contributed by atoms with Gasteiger partial charge < -0.3 is 0 Å². The van der Waals surface area contributed by atoms with Crippen molar-refractivity contribution < 1.29 is 8.42 Å². The Kier molecular flexibility index (Phi) is 4.31. The lowest BCUT2D eigenvalue weighted by atomic mass is 10.2. The first kappa shape index (κ1) is 11.7. The van der Waals surface area contributed by atoms with Crippen LogP contribution in [0.1, 0.15) is 5.56 Å². The smallest absolute Gasteiger partial charge is 0.157 e. The Morgan fingerprint density at radius 1 is 1.13 bits per heavy atom. The van der Waals surface area contributed by atoms with Gasteiger partial charge in [-0.3, -0.25) is 0 Å². The number of sulfone groups is 1. The Hall–Kier alpha value is -1.35. The number of hydrogen-bond acceptors (Lipinski definition) is 2. The van der Waals surface area contributed by atoms with Crippen LogP contribution in [0.3, 0.4) is 0 Å². The molecule has 0 amide bonds. The number of hydrogen-bond donors (Lipinski definition) is 0. The highest BCUT2D eigenvalue weighted by Gasteiger charge is 2.03. The average molecular weight is 222 g/mol. The Labute approximate surface area is 90.9 Å². The molecule has 15 heavy (non-hydrogen) atoms. The van der Waals surface area contributed by atoms with Crippen LogP contribution in [0.2, 0.25) is 0 Å². The van der Waals surface area contributed by atoms with Gasteiger partial charge in [-0.1, -0.05) is 48.6 Å². The fraction of sp³-hybridized carbons (Fsp3) is 0.167. The Morgan fingerprint density at radius 2 is 1.80 bits per heavy atom. The molecule has 0 saturated heterocycles. The average Bonchev–Trinajstić information content (AvgIpc) is 2.19. The van der Waals surface area contributed by atoms with Crippen LogP contribution in [0.4, 0.5) is 0 Å². The summed E-state index contributed by atoms with van der Waals surface area (Å²) in [5.41, 5.74) is 1.01. The summed E-state index contributed by atoms with van der Waals surface area (Å²) in [4.78, 5) is 0. The Balaban J connectivity index is 2.58. The maximum atomic E-state index is 11.3. The molecular weight excluding hydrogens is 208 g/mol. The van der Waals surface area contributed by atoms with E-state index >= 15 is 0 Å². The van der Waals surface area contributed by atoms with E-state index in [0.717, 1.165) is 5.56 Å². The fourth-order valence-electron chi connectivity index (χ4n) is 1.14. The van der Waals surface area contributed by atoms with E-state index in [1.54, 1.807) is 12.2 Å². The molecule has 0 atom stereocenters. The van der Waals surface area contributed by atoms with E-state index in [9.17, 15) is 8.42 Å². The van der Waals surface area contributed by atoms with Crippen molar-refractivity contribution in [1.29, 1.82) is 0 Å². The summed E-state index contributed by atoms with van der Waals surface area (Å²) in [6.45, 7) is 3.41. The molecule has 0 aliphatic heterocycles. The van der Waals surface area contributed by atoms with Crippen LogP contribution in [0.15, 0.2) is 49.1 Å². The molecule has 1 aromatic carbocycles. The molecule has 0 spiro atoms. The van der Waals surface area contributed by atoms with Crippen LogP contribution in [0.25, 0.3) is 6.08 Å². The third-order valence-electron chi connectivity index (χ3n) is 1.83. The largest absolute Gasteiger partial charge is 0.228 e. The molecule has 0 fully saturated rings. The maximum absolute atomic E-state index is 11.3. The lowest BCUT2D eigenvalue weighted by Gasteiger charge is -1.95. The van der Waals surface area contributed by atoms with Crippen molar-refractivity contribution in [2.75, 3.05) is 11.5 Å². The van der Waals surface area contributed by atoms with Crippen molar-refractivity contribution in [2.24, 2.45) is 0 Å². The van der Waals surface area contributed by atoms with E-state index in [0.29, 0.717) is 0 Å². The molecule has 0 radical (unpaired) electrons. The first-order valence-electron chi connectivity index (χ1n) is 4.67. The zero-order valence-electron chi connectivity index (χ0n) is 8.46. The van der Waals surface area contributed by atoms with Gasteiger partial charge in [-0.15, -0.1) is 6.58 Å². The summed E-state index contributed by atoms with van der Waals surface area (Å²) >= 11 is 0. The molecule has 2 nitrogen and oxygen atoms in total. The molecule has 3 heteroatoms. The summed E-state index contributed by atoms with van der Waals surface area (Å²) in [7, 11) is -3.01. The fourth-order valence-corrected chi connectivity index (χ4v) is 2.03. The van der Waals surface area contributed by atoms with Crippen molar-refractivity contribution in [3.05, 3.63) is 54.6 Å². The van der Waals surface area contributed by atoms with Crippen LogP contribution in [0, 0.1) is 0 Å². The first-order chi connectivity index (χ1) is 7.14. The highest BCUT2D eigenvalue weighted by Crippen LogP contribution is 2.02. The van der Waals surface area contributed by atoms with Crippen LogP contribution in [-0.4, -0.2) is 19.9 Å². The van der Waals surface area contributed by atoms with Gasteiger partial charge in [-0.2, -0.15) is 0 Å². The summed E-state index contributed by atoms with van der Waals surface area (Å²) in [6, 6.07) is 9.61. The zero-order valence-corrected chi connectivity index (χ0v) is 9.28. The van der Waals surface area contributed by atoms with Crippen LogP contribution in [-0.2, 0) is 9.84 Å². The zero-order chi connectivity index (χ0) is 11.1. The van der Waals surface area contributed by atoms with Gasteiger partial charge >= 0.3 is 0 Å². The topological polar surface area (TPSA) is 34.1 Å². The maximum Gasteiger partial charge on any atom is 0.157 e. The summed E-state index contributed by atoms with van der Waals surface area (Å²) in [5.74, 6) is 0.0973. The minimum Gasteiger partial charge on any atom is -0.228 e. The molecule has 0 bridgehead atoms. The highest BCUT2D eigenvalue weighted by atomic mass is 32.2. The minimum absolute atomic E-state index is 0.0339. The molecule has 0 aromatic heterocycles. The molecule has 0 aliphatic carbocycles. The lowest BCUT2D eigenvalue weighted by Crippen LogP contribution is -2.06. The molecule has 0 unspecified atom stereocenters. The van der Waals surface area contributed by atoms with Crippen molar-refractivity contribution in [3.63, 3.8) is 0 Å². The van der Waals surface area contributed by atoms with E-state index in [1.165, 1.54) is 6.08 Å². The summed E-state index contributed by atoms with van der Waals surface area (Å²) < 4.78 is 22.6. The highest BCUT2D eigenvalue weighted by molar-refractivity contribution is 7.91. The third-order valence-corrected chi connectivity index (χ3v) is 3.28. The Morgan fingerprint density at radius 3 is 2.40 bits per heavy atom. The molecule has 0 heterocycles. The summed E-state index contributed by atoms with van der Waals surface area (Å²) in [5, 5.41) is 0. The van der Waals surface area contributed by atoms with Gasteiger partial charge in [-0.25, -0.2) is 8.42 Å². The quantitative estimate of drug-likeness (QED) is 0.716. The van der Waals surface area contributed by atoms with Crippen molar-refractivity contribution in [3.8, 4) is 0 Å². The molecule has 80 valence electrons. The molecule has 0 saturated carbocycles. The number of benzene rings is 1. The van der Waals surface area contributed by atoms with E-state index < -0.39 is 9.84 Å². The first-order valence-corrected chi connectivity index (χ1v) is 6.49. The monoisotopic (exact) mass is 222 g/mol.